The Morgan fingerprint density at radius 3 is 2.50 bits per heavy atom. The second-order valence-corrected chi connectivity index (χ2v) is 7.83. The number of ether oxygens (including phenoxy) is 1. The van der Waals surface area contributed by atoms with Gasteiger partial charge in [-0.15, -0.1) is 0 Å². The number of carbonyl (C=O) groups is 1. The molecule has 2 N–H and O–H groups in total. The first-order valence-electron chi connectivity index (χ1n) is 10.1. The molecule has 1 unspecified atom stereocenters. The Kier molecular flexibility index (Phi) is 6.90. The summed E-state index contributed by atoms with van der Waals surface area (Å²) in [5.74, 6) is 0.895. The van der Waals surface area contributed by atoms with Crippen LogP contribution in [0.25, 0.3) is 0 Å². The molecule has 1 atom stereocenters. The average Bonchev–Trinajstić information content (AvgIpc) is 3.21. The minimum atomic E-state index is -0.773. The van der Waals surface area contributed by atoms with Gasteiger partial charge in [-0.3, -0.25) is 4.79 Å². The highest BCUT2D eigenvalue weighted by Gasteiger charge is 2.14. The molecule has 2 aromatic carbocycles. The smallest absolute Gasteiger partial charge is 0.271 e. The van der Waals surface area contributed by atoms with Gasteiger partial charge in [0.15, 0.2) is 6.73 Å². The first kappa shape index (κ1) is 21.6. The summed E-state index contributed by atoms with van der Waals surface area (Å²) in [6.07, 6.45) is 0.922. The van der Waals surface area contributed by atoms with Crippen LogP contribution in [0.4, 0.5) is 0 Å². The van der Waals surface area contributed by atoms with Crippen LogP contribution in [0.1, 0.15) is 58.6 Å². The molecule has 158 valence electrons. The van der Waals surface area contributed by atoms with Gasteiger partial charge in [0, 0.05) is 12.7 Å². The first-order valence-corrected chi connectivity index (χ1v) is 10.1. The third-order valence-electron chi connectivity index (χ3n) is 5.01. The van der Waals surface area contributed by atoms with E-state index in [0.29, 0.717) is 5.92 Å². The van der Waals surface area contributed by atoms with Crippen LogP contribution in [0.15, 0.2) is 54.7 Å². The van der Waals surface area contributed by atoms with Crippen LogP contribution in [0.3, 0.4) is 0 Å². The molecule has 0 bridgehead atoms. The molecule has 0 aliphatic heterocycles. The summed E-state index contributed by atoms with van der Waals surface area (Å²) in [4.78, 5) is 12.4. The zero-order valence-electron chi connectivity index (χ0n) is 17.9. The van der Waals surface area contributed by atoms with Crippen molar-refractivity contribution in [3.8, 4) is 5.75 Å². The molecule has 0 fully saturated rings. The van der Waals surface area contributed by atoms with Crippen LogP contribution in [0.2, 0.25) is 0 Å². The SMILES string of the molecule is Cc1ccc(C)c(OCn2ccc(C(=O)NCC(O)c3ccc(C(C)C)cc3)n2)c1. The molecule has 0 spiro atoms. The molecule has 0 saturated heterocycles. The van der Waals surface area contributed by atoms with Crippen LogP contribution < -0.4 is 10.1 Å². The van der Waals surface area contributed by atoms with E-state index < -0.39 is 6.10 Å². The van der Waals surface area contributed by atoms with E-state index >= 15 is 0 Å². The lowest BCUT2D eigenvalue weighted by atomic mass is 10.00. The summed E-state index contributed by atoms with van der Waals surface area (Å²) >= 11 is 0. The van der Waals surface area contributed by atoms with Crippen molar-refractivity contribution in [2.24, 2.45) is 0 Å². The molecule has 0 aliphatic carbocycles. The number of nitrogens with zero attached hydrogens (tertiary/aromatic N) is 2. The number of rotatable bonds is 8. The highest BCUT2D eigenvalue weighted by Crippen LogP contribution is 2.20. The maximum absolute atomic E-state index is 12.4. The van der Waals surface area contributed by atoms with E-state index in [1.54, 1.807) is 16.9 Å². The lowest BCUT2D eigenvalue weighted by Gasteiger charge is -2.13. The van der Waals surface area contributed by atoms with Gasteiger partial charge in [-0.2, -0.15) is 5.10 Å². The van der Waals surface area contributed by atoms with Crippen LogP contribution in [-0.2, 0) is 6.73 Å². The zero-order chi connectivity index (χ0) is 21.7. The highest BCUT2D eigenvalue weighted by molar-refractivity contribution is 5.92. The molecule has 3 rings (SSSR count). The number of aromatic nitrogens is 2. The molecule has 6 heteroatoms. The summed E-state index contributed by atoms with van der Waals surface area (Å²) in [5.41, 5.74) is 4.42. The van der Waals surface area contributed by atoms with E-state index in [-0.39, 0.29) is 24.9 Å². The number of nitrogens with one attached hydrogen (secondary N) is 1. The van der Waals surface area contributed by atoms with Gasteiger partial charge in [-0.25, -0.2) is 4.68 Å². The van der Waals surface area contributed by atoms with Gasteiger partial charge >= 0.3 is 0 Å². The zero-order valence-corrected chi connectivity index (χ0v) is 17.9. The Labute approximate surface area is 177 Å². The molecule has 1 aromatic heterocycles. The summed E-state index contributed by atoms with van der Waals surface area (Å²) in [6, 6.07) is 15.4. The predicted molar refractivity (Wildman–Crippen MR) is 117 cm³/mol. The van der Waals surface area contributed by atoms with E-state index in [4.69, 9.17) is 4.74 Å². The van der Waals surface area contributed by atoms with Gasteiger partial charge < -0.3 is 15.2 Å². The molecular formula is C24H29N3O3. The number of benzene rings is 2. The molecule has 6 nitrogen and oxygen atoms in total. The fourth-order valence-corrected chi connectivity index (χ4v) is 3.05. The fraction of sp³-hybridized carbons (Fsp3) is 0.333. The number of aryl methyl sites for hydroxylation is 2. The molecule has 30 heavy (non-hydrogen) atoms. The Morgan fingerprint density at radius 2 is 1.80 bits per heavy atom. The number of aliphatic hydroxyl groups is 1. The maximum Gasteiger partial charge on any atom is 0.271 e. The maximum atomic E-state index is 12.4. The minimum absolute atomic E-state index is 0.117. The van der Waals surface area contributed by atoms with Crippen molar-refractivity contribution in [1.29, 1.82) is 0 Å². The van der Waals surface area contributed by atoms with Gasteiger partial charge in [-0.1, -0.05) is 50.2 Å². The average molecular weight is 408 g/mol. The monoisotopic (exact) mass is 407 g/mol. The minimum Gasteiger partial charge on any atom is -0.471 e. The van der Waals surface area contributed by atoms with Crippen molar-refractivity contribution >= 4 is 5.91 Å². The van der Waals surface area contributed by atoms with Gasteiger partial charge in [0.05, 0.1) is 6.10 Å². The second-order valence-electron chi connectivity index (χ2n) is 7.83. The van der Waals surface area contributed by atoms with Crippen molar-refractivity contribution in [1.82, 2.24) is 15.1 Å². The van der Waals surface area contributed by atoms with Gasteiger partial charge in [0.25, 0.3) is 5.91 Å². The van der Waals surface area contributed by atoms with E-state index in [2.05, 4.69) is 24.3 Å². The van der Waals surface area contributed by atoms with Crippen molar-refractivity contribution in [2.75, 3.05) is 6.54 Å². The molecule has 0 saturated carbocycles. The predicted octanol–water partition coefficient (Wildman–Crippen LogP) is 4.12. The molecule has 1 amide bonds. The molecule has 3 aromatic rings. The lowest BCUT2D eigenvalue weighted by molar-refractivity contribution is 0.0909. The Bertz CT molecular complexity index is 993. The van der Waals surface area contributed by atoms with Gasteiger partial charge in [0.1, 0.15) is 11.4 Å². The summed E-state index contributed by atoms with van der Waals surface area (Å²) in [7, 11) is 0. The van der Waals surface area contributed by atoms with Gasteiger partial charge in [0.2, 0.25) is 0 Å². The van der Waals surface area contributed by atoms with Gasteiger partial charge in [-0.05, 0) is 54.2 Å². The van der Waals surface area contributed by atoms with Crippen molar-refractivity contribution < 1.29 is 14.6 Å². The highest BCUT2D eigenvalue weighted by atomic mass is 16.5. The number of carbonyl (C=O) groups excluding carboxylic acids is 1. The summed E-state index contributed by atoms with van der Waals surface area (Å²) in [5, 5.41) is 17.3. The molecule has 0 aliphatic rings. The largest absolute Gasteiger partial charge is 0.471 e. The van der Waals surface area contributed by atoms with E-state index in [9.17, 15) is 9.90 Å². The Morgan fingerprint density at radius 1 is 1.10 bits per heavy atom. The quantitative estimate of drug-likeness (QED) is 0.589. The third-order valence-corrected chi connectivity index (χ3v) is 5.01. The Hall–Kier alpha value is -3.12. The normalized spacial score (nSPS) is 12.1. The number of aliphatic hydroxyl groups excluding tert-OH is 1. The number of hydrogen-bond acceptors (Lipinski definition) is 4. The molecule has 0 radical (unpaired) electrons. The third kappa shape index (κ3) is 5.48. The molecular weight excluding hydrogens is 378 g/mol. The van der Waals surface area contributed by atoms with Crippen molar-refractivity contribution in [2.45, 2.75) is 46.4 Å². The van der Waals surface area contributed by atoms with Crippen LogP contribution in [0.5, 0.6) is 5.75 Å². The number of amides is 1. The standard InChI is InChI=1S/C24H29N3O3/c1-16(2)19-7-9-20(10-8-19)22(28)14-25-24(29)21-11-12-27(26-21)15-30-23-13-17(3)5-6-18(23)4/h5-13,16,22,28H,14-15H2,1-4H3,(H,25,29). The summed E-state index contributed by atoms with van der Waals surface area (Å²) in [6.45, 7) is 8.57. The second kappa shape index (κ2) is 9.59. The lowest BCUT2D eigenvalue weighted by Crippen LogP contribution is -2.29. The fourth-order valence-electron chi connectivity index (χ4n) is 3.05. The van der Waals surface area contributed by atoms with E-state index in [1.165, 1.54) is 5.56 Å². The van der Waals surface area contributed by atoms with E-state index in [0.717, 1.165) is 22.4 Å². The van der Waals surface area contributed by atoms with Crippen LogP contribution in [-0.4, -0.2) is 27.3 Å². The molecule has 1 heterocycles. The summed E-state index contributed by atoms with van der Waals surface area (Å²) < 4.78 is 7.38. The first-order chi connectivity index (χ1) is 14.3. The van der Waals surface area contributed by atoms with E-state index in [1.807, 2.05) is 56.3 Å². The van der Waals surface area contributed by atoms with Crippen molar-refractivity contribution in [3.63, 3.8) is 0 Å². The van der Waals surface area contributed by atoms with Crippen LogP contribution >= 0.6 is 0 Å². The Balaban J connectivity index is 1.52. The van der Waals surface area contributed by atoms with Crippen molar-refractivity contribution in [3.05, 3.63) is 82.7 Å². The number of hydrogen-bond donors (Lipinski definition) is 2. The van der Waals surface area contributed by atoms with Crippen LogP contribution in [0, 0.1) is 13.8 Å². The topological polar surface area (TPSA) is 76.4 Å².